The van der Waals surface area contributed by atoms with E-state index in [1.54, 1.807) is 0 Å². The van der Waals surface area contributed by atoms with Crippen LogP contribution in [-0.4, -0.2) is 17.9 Å². The summed E-state index contributed by atoms with van der Waals surface area (Å²) in [4.78, 5) is 6.51. The maximum atomic E-state index is 7.63. The highest BCUT2D eigenvalue weighted by Gasteiger charge is 2.12. The molecule has 0 aliphatic rings. The number of nitrogen functional groups attached to an aromatic ring is 1. The Morgan fingerprint density at radius 2 is 1.89 bits per heavy atom. The fourth-order valence-electron chi connectivity index (χ4n) is 1.98. The topological polar surface area (TPSA) is 66.0 Å². The maximum Gasteiger partial charge on any atom is 0.139 e. The van der Waals surface area contributed by atoms with Crippen LogP contribution in [0.3, 0.4) is 0 Å². The Morgan fingerprint density at radius 3 is 2.53 bits per heavy atom. The van der Waals surface area contributed by atoms with Gasteiger partial charge in [-0.25, -0.2) is 4.98 Å². The number of nitrogens with one attached hydrogen (secondary N) is 1. The minimum atomic E-state index is 0.0439. The molecule has 1 aromatic carbocycles. The first kappa shape index (κ1) is 13.1. The van der Waals surface area contributed by atoms with Gasteiger partial charge in [0.25, 0.3) is 0 Å². The van der Waals surface area contributed by atoms with Gasteiger partial charge in [-0.15, -0.1) is 0 Å². The molecule has 1 aromatic heterocycles. The molecule has 3 N–H and O–H groups in total. The summed E-state index contributed by atoms with van der Waals surface area (Å²) in [7, 11) is 1.96. The van der Waals surface area contributed by atoms with E-state index >= 15 is 0 Å². The Kier molecular flexibility index (Phi) is 3.80. The average Bonchev–Trinajstić information content (AvgIpc) is 2.39. The first-order chi connectivity index (χ1) is 9.08. The molecule has 0 saturated heterocycles. The zero-order chi connectivity index (χ0) is 13.8. The zero-order valence-corrected chi connectivity index (χ0v) is 11.2. The van der Waals surface area contributed by atoms with Crippen molar-refractivity contribution < 1.29 is 0 Å². The molecule has 0 fully saturated rings. The van der Waals surface area contributed by atoms with Crippen LogP contribution in [0, 0.1) is 12.3 Å². The fourth-order valence-corrected chi connectivity index (χ4v) is 1.98. The molecule has 2 aromatic rings. The van der Waals surface area contributed by atoms with Gasteiger partial charge in [0, 0.05) is 19.3 Å². The summed E-state index contributed by atoms with van der Waals surface area (Å²) in [5.74, 6) is 0.791. The molecule has 0 bridgehead atoms. The van der Waals surface area contributed by atoms with Crippen molar-refractivity contribution in [2.24, 2.45) is 5.73 Å². The number of nitrogens with zero attached hydrogens (tertiary/aromatic N) is 2. The Morgan fingerprint density at radius 1 is 1.21 bits per heavy atom. The molecule has 0 radical (unpaired) electrons. The highest BCUT2D eigenvalue weighted by Crippen LogP contribution is 2.19. The van der Waals surface area contributed by atoms with Crippen molar-refractivity contribution in [2.45, 2.75) is 13.5 Å². The van der Waals surface area contributed by atoms with Gasteiger partial charge in [0.2, 0.25) is 0 Å². The van der Waals surface area contributed by atoms with Gasteiger partial charge < -0.3 is 10.6 Å². The number of anilines is 1. The summed E-state index contributed by atoms with van der Waals surface area (Å²) in [5.41, 5.74) is 8.40. The molecule has 2 rings (SSSR count). The molecule has 0 aliphatic heterocycles. The molecule has 0 saturated carbocycles. The third kappa shape index (κ3) is 3.10. The second-order valence-electron chi connectivity index (χ2n) is 4.58. The third-order valence-corrected chi connectivity index (χ3v) is 2.93. The van der Waals surface area contributed by atoms with Crippen LogP contribution in [-0.2, 0) is 6.54 Å². The highest BCUT2D eigenvalue weighted by atomic mass is 15.2. The van der Waals surface area contributed by atoms with E-state index in [2.05, 4.69) is 17.1 Å². The first-order valence-electron chi connectivity index (χ1n) is 6.15. The van der Waals surface area contributed by atoms with E-state index < -0.39 is 0 Å². The van der Waals surface area contributed by atoms with Gasteiger partial charge in [0.15, 0.2) is 0 Å². The molecular weight excluding hydrogens is 236 g/mol. The van der Waals surface area contributed by atoms with Crippen molar-refractivity contribution in [2.75, 3.05) is 11.9 Å². The van der Waals surface area contributed by atoms with Crippen molar-refractivity contribution in [3.05, 3.63) is 59.3 Å². The molecule has 98 valence electrons. The maximum absolute atomic E-state index is 7.63. The molecule has 19 heavy (non-hydrogen) atoms. The van der Waals surface area contributed by atoms with Crippen molar-refractivity contribution >= 4 is 11.7 Å². The van der Waals surface area contributed by atoms with Crippen LogP contribution >= 0.6 is 0 Å². The Balaban J connectivity index is 2.30. The monoisotopic (exact) mass is 254 g/mol. The van der Waals surface area contributed by atoms with Crippen molar-refractivity contribution in [1.29, 1.82) is 5.41 Å². The molecule has 0 unspecified atom stereocenters. The summed E-state index contributed by atoms with van der Waals surface area (Å²) in [5, 5.41) is 7.63. The number of aryl methyl sites for hydroxylation is 1. The highest BCUT2D eigenvalue weighted by molar-refractivity contribution is 5.99. The quantitative estimate of drug-likeness (QED) is 0.650. The summed E-state index contributed by atoms with van der Waals surface area (Å²) >= 11 is 0. The van der Waals surface area contributed by atoms with Crippen LogP contribution < -0.4 is 10.6 Å². The van der Waals surface area contributed by atoms with Gasteiger partial charge in [-0.3, -0.25) is 5.41 Å². The lowest BCUT2D eigenvalue weighted by Gasteiger charge is -2.21. The number of amidine groups is 1. The van der Waals surface area contributed by atoms with E-state index in [1.165, 1.54) is 5.56 Å². The van der Waals surface area contributed by atoms with Crippen LogP contribution in [0.5, 0.6) is 0 Å². The van der Waals surface area contributed by atoms with Crippen LogP contribution in [0.25, 0.3) is 0 Å². The Hall–Kier alpha value is -2.36. The van der Waals surface area contributed by atoms with E-state index in [-0.39, 0.29) is 5.84 Å². The number of hydrogen-bond donors (Lipinski definition) is 2. The lowest BCUT2D eigenvalue weighted by molar-refractivity contribution is 0.890. The third-order valence-electron chi connectivity index (χ3n) is 2.93. The van der Waals surface area contributed by atoms with Crippen LogP contribution in [0.1, 0.15) is 16.8 Å². The number of aromatic nitrogens is 1. The summed E-state index contributed by atoms with van der Waals surface area (Å²) in [6.07, 6.45) is 0. The van der Waals surface area contributed by atoms with Gasteiger partial charge in [-0.2, -0.15) is 0 Å². The Labute approximate surface area is 113 Å². The predicted molar refractivity (Wildman–Crippen MR) is 78.5 cm³/mol. The molecule has 0 spiro atoms. The summed E-state index contributed by atoms with van der Waals surface area (Å²) in [6.45, 7) is 2.67. The molecule has 0 aliphatic carbocycles. The van der Waals surface area contributed by atoms with Crippen LogP contribution in [0.4, 0.5) is 5.82 Å². The van der Waals surface area contributed by atoms with Gasteiger partial charge in [-0.1, -0.05) is 30.3 Å². The number of pyridine rings is 1. The van der Waals surface area contributed by atoms with E-state index in [9.17, 15) is 0 Å². The van der Waals surface area contributed by atoms with Crippen molar-refractivity contribution in [3.8, 4) is 0 Å². The zero-order valence-electron chi connectivity index (χ0n) is 11.2. The van der Waals surface area contributed by atoms with Crippen LogP contribution in [0.2, 0.25) is 0 Å². The molecular formula is C15H18N4. The average molecular weight is 254 g/mol. The molecule has 4 nitrogen and oxygen atoms in total. The fraction of sp³-hybridized carbons (Fsp3) is 0.200. The first-order valence-corrected chi connectivity index (χ1v) is 6.15. The van der Waals surface area contributed by atoms with Gasteiger partial charge in [0.05, 0.1) is 5.56 Å². The van der Waals surface area contributed by atoms with E-state index in [0.717, 1.165) is 18.1 Å². The molecule has 0 atom stereocenters. The minimum absolute atomic E-state index is 0.0439. The molecule has 1 heterocycles. The van der Waals surface area contributed by atoms with E-state index in [4.69, 9.17) is 11.1 Å². The number of nitrogens with two attached hydrogens (primary N) is 1. The van der Waals surface area contributed by atoms with E-state index in [1.807, 2.05) is 49.2 Å². The second-order valence-corrected chi connectivity index (χ2v) is 4.58. The van der Waals surface area contributed by atoms with E-state index in [0.29, 0.717) is 5.56 Å². The van der Waals surface area contributed by atoms with Gasteiger partial charge in [-0.05, 0) is 24.6 Å². The lowest BCUT2D eigenvalue weighted by Crippen LogP contribution is -2.23. The number of benzene rings is 1. The van der Waals surface area contributed by atoms with Gasteiger partial charge in [0.1, 0.15) is 11.7 Å². The smallest absolute Gasteiger partial charge is 0.139 e. The van der Waals surface area contributed by atoms with Crippen LogP contribution in [0.15, 0.2) is 42.5 Å². The minimum Gasteiger partial charge on any atom is -0.384 e. The predicted octanol–water partition coefficient (Wildman–Crippen LogP) is 2.31. The van der Waals surface area contributed by atoms with Crippen molar-refractivity contribution in [3.63, 3.8) is 0 Å². The normalized spacial score (nSPS) is 10.2. The molecule has 0 amide bonds. The Bertz CT molecular complexity index is 578. The summed E-state index contributed by atoms with van der Waals surface area (Å²) in [6, 6.07) is 13.9. The number of hydrogen-bond acceptors (Lipinski definition) is 3. The number of rotatable bonds is 4. The van der Waals surface area contributed by atoms with Gasteiger partial charge >= 0.3 is 0 Å². The SMILES string of the molecule is Cc1ccc(C(=N)N)c(N(C)Cc2ccccc2)n1. The standard InChI is InChI=1S/C15H18N4/c1-11-8-9-13(14(16)17)15(18-11)19(2)10-12-6-4-3-5-7-12/h3-9H,10H2,1-2H3,(H3,16,17). The molecule has 4 heteroatoms. The summed E-state index contributed by atoms with van der Waals surface area (Å²) < 4.78 is 0. The lowest BCUT2D eigenvalue weighted by atomic mass is 10.1. The van der Waals surface area contributed by atoms with Crippen molar-refractivity contribution in [1.82, 2.24) is 4.98 Å². The second kappa shape index (κ2) is 5.52. The largest absolute Gasteiger partial charge is 0.384 e.